The molecule has 1 aliphatic rings. The summed E-state index contributed by atoms with van der Waals surface area (Å²) in [6, 6.07) is 0.0834. The van der Waals surface area contributed by atoms with E-state index in [1.807, 2.05) is 25.2 Å². The number of nitrogens with two attached hydrogens (primary N) is 1. The molecule has 9 nitrogen and oxygen atoms in total. The van der Waals surface area contributed by atoms with Gasteiger partial charge in [0.15, 0.2) is 0 Å². The molecule has 0 aromatic carbocycles. The lowest BCUT2D eigenvalue weighted by Crippen LogP contribution is -2.46. The molecule has 2 rings (SSSR count). The Morgan fingerprint density at radius 3 is 2.68 bits per heavy atom. The van der Waals surface area contributed by atoms with E-state index in [2.05, 4.69) is 41.4 Å². The van der Waals surface area contributed by atoms with E-state index in [0.29, 0.717) is 12.5 Å². The highest BCUT2D eigenvalue weighted by molar-refractivity contribution is 5.91. The number of aromatic nitrogens is 2. The van der Waals surface area contributed by atoms with Crippen LogP contribution >= 0.6 is 0 Å². The predicted octanol–water partition coefficient (Wildman–Crippen LogP) is 2.41. The van der Waals surface area contributed by atoms with Crippen LogP contribution in [0.1, 0.15) is 58.4 Å². The van der Waals surface area contributed by atoms with E-state index >= 15 is 0 Å². The summed E-state index contributed by atoms with van der Waals surface area (Å²) in [7, 11) is 5.53. The van der Waals surface area contributed by atoms with Crippen molar-refractivity contribution in [3.63, 3.8) is 0 Å². The number of nitrogens with one attached hydrogen (secondary N) is 2. The second-order valence-electron chi connectivity index (χ2n) is 10.1. The first-order valence-corrected chi connectivity index (χ1v) is 12.3. The molecule has 34 heavy (non-hydrogen) atoms. The maximum absolute atomic E-state index is 12.7. The van der Waals surface area contributed by atoms with Crippen molar-refractivity contribution in [2.75, 3.05) is 51.8 Å². The summed E-state index contributed by atoms with van der Waals surface area (Å²) in [6.45, 7) is 8.11. The summed E-state index contributed by atoms with van der Waals surface area (Å²) < 4.78 is 0. The zero-order valence-corrected chi connectivity index (χ0v) is 21.7. The van der Waals surface area contributed by atoms with Crippen LogP contribution in [0.15, 0.2) is 18.3 Å². The first-order valence-electron chi connectivity index (χ1n) is 12.3. The van der Waals surface area contributed by atoms with Crippen LogP contribution in [0.25, 0.3) is 0 Å². The van der Waals surface area contributed by atoms with E-state index in [1.165, 1.54) is 11.0 Å². The standard InChI is InChI=1S/C25H43N7O2/c1-7-13-27-23-20(16-28-24(26)30-23)25(2,3)18-10-8-11-19(15-18)29-21(33)17-32(6)22(34)12-9-14-31(4)5/h9,12,16,18-19H,7-8,10-11,13-15,17H2,1-6H3,(H,29,33)(H3,26,27,28,30)/b12-9+/t18-,19+/m1/s1. The summed E-state index contributed by atoms with van der Waals surface area (Å²) in [5.74, 6) is 1.13. The van der Waals surface area contributed by atoms with Gasteiger partial charge in [-0.05, 0) is 51.1 Å². The lowest BCUT2D eigenvalue weighted by molar-refractivity contribution is -0.131. The molecule has 0 saturated heterocycles. The second-order valence-corrected chi connectivity index (χ2v) is 10.1. The molecule has 1 aromatic rings. The fraction of sp³-hybridized carbons (Fsp3) is 0.680. The minimum atomic E-state index is -0.183. The van der Waals surface area contributed by atoms with Gasteiger partial charge in [0.05, 0.1) is 6.54 Å². The third kappa shape index (κ3) is 7.97. The summed E-state index contributed by atoms with van der Waals surface area (Å²) in [5, 5.41) is 6.56. The van der Waals surface area contributed by atoms with Crippen LogP contribution in [-0.2, 0) is 15.0 Å². The third-order valence-corrected chi connectivity index (χ3v) is 6.59. The smallest absolute Gasteiger partial charge is 0.246 e. The van der Waals surface area contributed by atoms with Crippen molar-refractivity contribution in [3.05, 3.63) is 23.9 Å². The van der Waals surface area contributed by atoms with Crippen LogP contribution in [0.5, 0.6) is 0 Å². The number of nitrogens with zero attached hydrogens (tertiary/aromatic N) is 4. The largest absolute Gasteiger partial charge is 0.370 e. The number of anilines is 2. The van der Waals surface area contributed by atoms with Crippen molar-refractivity contribution >= 4 is 23.6 Å². The molecule has 0 spiro atoms. The maximum Gasteiger partial charge on any atom is 0.246 e. The van der Waals surface area contributed by atoms with Crippen LogP contribution < -0.4 is 16.4 Å². The lowest BCUT2D eigenvalue weighted by atomic mass is 9.66. The van der Waals surface area contributed by atoms with Gasteiger partial charge < -0.3 is 26.2 Å². The van der Waals surface area contributed by atoms with Crippen molar-refractivity contribution in [2.45, 2.75) is 64.3 Å². The van der Waals surface area contributed by atoms with Crippen LogP contribution in [0.4, 0.5) is 11.8 Å². The van der Waals surface area contributed by atoms with Crippen LogP contribution in [0, 0.1) is 5.92 Å². The molecule has 1 heterocycles. The van der Waals surface area contributed by atoms with Gasteiger partial charge >= 0.3 is 0 Å². The summed E-state index contributed by atoms with van der Waals surface area (Å²) in [4.78, 5) is 37.0. The molecule has 2 amide bonds. The molecule has 1 aliphatic carbocycles. The van der Waals surface area contributed by atoms with Crippen molar-refractivity contribution in [3.8, 4) is 0 Å². The Bertz CT molecular complexity index is 854. The minimum Gasteiger partial charge on any atom is -0.370 e. The maximum atomic E-state index is 12.7. The normalized spacial score (nSPS) is 18.8. The average Bonchev–Trinajstić information content (AvgIpc) is 2.77. The highest BCUT2D eigenvalue weighted by atomic mass is 16.2. The van der Waals surface area contributed by atoms with Crippen LogP contribution in [0.2, 0.25) is 0 Å². The van der Waals surface area contributed by atoms with Gasteiger partial charge in [-0.15, -0.1) is 0 Å². The molecule has 2 atom stereocenters. The first-order chi connectivity index (χ1) is 16.0. The molecular formula is C25H43N7O2. The number of hydrogen-bond acceptors (Lipinski definition) is 7. The second kappa shape index (κ2) is 12.7. The Balaban J connectivity index is 2.00. The number of rotatable bonds is 11. The molecule has 4 N–H and O–H groups in total. The molecular weight excluding hydrogens is 430 g/mol. The molecule has 1 fully saturated rings. The molecule has 190 valence electrons. The molecule has 0 unspecified atom stereocenters. The van der Waals surface area contributed by atoms with Crippen LogP contribution in [-0.4, -0.2) is 78.4 Å². The van der Waals surface area contributed by atoms with Crippen molar-refractivity contribution in [2.24, 2.45) is 5.92 Å². The van der Waals surface area contributed by atoms with Crippen LogP contribution in [0.3, 0.4) is 0 Å². The average molecular weight is 474 g/mol. The van der Waals surface area contributed by atoms with E-state index in [9.17, 15) is 9.59 Å². The number of carbonyl (C=O) groups excluding carboxylic acids is 2. The molecule has 0 aliphatic heterocycles. The van der Waals surface area contributed by atoms with Gasteiger partial charge in [0, 0.05) is 44.0 Å². The van der Waals surface area contributed by atoms with E-state index in [4.69, 9.17) is 5.73 Å². The van der Waals surface area contributed by atoms with E-state index in [-0.39, 0.29) is 35.8 Å². The third-order valence-electron chi connectivity index (χ3n) is 6.59. The highest BCUT2D eigenvalue weighted by Gasteiger charge is 2.37. The quantitative estimate of drug-likeness (QED) is 0.423. The molecule has 0 bridgehead atoms. The summed E-state index contributed by atoms with van der Waals surface area (Å²) in [6.07, 6.45) is 10.1. The fourth-order valence-electron chi connectivity index (χ4n) is 4.50. The van der Waals surface area contributed by atoms with Gasteiger partial charge in [-0.3, -0.25) is 9.59 Å². The number of likely N-dealkylation sites (N-methyl/N-ethyl adjacent to an activating group) is 2. The van der Waals surface area contributed by atoms with E-state index in [0.717, 1.165) is 50.0 Å². The predicted molar refractivity (Wildman–Crippen MR) is 137 cm³/mol. The van der Waals surface area contributed by atoms with Crippen molar-refractivity contribution < 1.29 is 9.59 Å². The number of hydrogen-bond donors (Lipinski definition) is 3. The molecule has 1 aromatic heterocycles. The lowest BCUT2D eigenvalue weighted by Gasteiger charge is -2.41. The van der Waals surface area contributed by atoms with E-state index in [1.54, 1.807) is 13.1 Å². The van der Waals surface area contributed by atoms with Gasteiger partial charge in [0.25, 0.3) is 0 Å². The monoisotopic (exact) mass is 473 g/mol. The van der Waals surface area contributed by atoms with Gasteiger partial charge in [-0.2, -0.15) is 4.98 Å². The number of nitrogen functional groups attached to an aromatic ring is 1. The Kier molecular flexibility index (Phi) is 10.3. The highest BCUT2D eigenvalue weighted by Crippen LogP contribution is 2.42. The Labute approximate surface area is 204 Å². The Hall–Kier alpha value is -2.68. The van der Waals surface area contributed by atoms with Crippen molar-refractivity contribution in [1.29, 1.82) is 0 Å². The number of carbonyl (C=O) groups is 2. The summed E-state index contributed by atoms with van der Waals surface area (Å²) >= 11 is 0. The molecule has 1 saturated carbocycles. The Morgan fingerprint density at radius 1 is 1.26 bits per heavy atom. The number of amides is 2. The van der Waals surface area contributed by atoms with Gasteiger partial charge in [-0.25, -0.2) is 4.98 Å². The topological polar surface area (TPSA) is 116 Å². The zero-order chi connectivity index (χ0) is 25.3. The zero-order valence-electron chi connectivity index (χ0n) is 21.7. The SMILES string of the molecule is CCCNc1nc(N)ncc1C(C)(C)[C@@H]1CCC[C@H](NC(=O)CN(C)C(=O)/C=C/CN(C)C)C1. The van der Waals surface area contributed by atoms with Gasteiger partial charge in [0.2, 0.25) is 17.8 Å². The molecule has 9 heteroatoms. The van der Waals surface area contributed by atoms with Gasteiger partial charge in [-0.1, -0.05) is 33.3 Å². The minimum absolute atomic E-state index is 0.0482. The van der Waals surface area contributed by atoms with E-state index < -0.39 is 0 Å². The fourth-order valence-corrected chi connectivity index (χ4v) is 4.50. The Morgan fingerprint density at radius 2 is 2.00 bits per heavy atom. The van der Waals surface area contributed by atoms with Gasteiger partial charge in [0.1, 0.15) is 5.82 Å². The summed E-state index contributed by atoms with van der Waals surface area (Å²) in [5.41, 5.74) is 6.73. The first kappa shape index (κ1) is 27.6. The van der Waals surface area contributed by atoms with Crippen molar-refractivity contribution in [1.82, 2.24) is 25.1 Å². The molecule has 0 radical (unpaired) electrons.